The molecule has 0 aliphatic carbocycles. The van der Waals surface area contributed by atoms with Crippen LogP contribution in [0, 0.1) is 20.8 Å². The molecular formula is C23H24ClN3O3. The topological polar surface area (TPSA) is 76.6 Å². The first-order valence-electron chi connectivity index (χ1n) is 9.96. The van der Waals surface area contributed by atoms with Gasteiger partial charge in [-0.05, 0) is 74.2 Å². The van der Waals surface area contributed by atoms with Crippen molar-refractivity contribution in [2.24, 2.45) is 0 Å². The minimum absolute atomic E-state index is 0.173. The quantitative estimate of drug-likeness (QED) is 0.555. The Morgan fingerprint density at radius 3 is 2.43 bits per heavy atom. The van der Waals surface area contributed by atoms with Gasteiger partial charge in [-0.25, -0.2) is 4.79 Å². The summed E-state index contributed by atoms with van der Waals surface area (Å²) in [7, 11) is 0. The molecule has 2 N–H and O–H groups in total. The zero-order chi connectivity index (χ0) is 21.7. The normalized spacial score (nSPS) is 16.1. The summed E-state index contributed by atoms with van der Waals surface area (Å²) in [5.74, 6) is -0.173. The molecule has 0 saturated carbocycles. The lowest BCUT2D eigenvalue weighted by Gasteiger charge is -2.41. The Kier molecular flexibility index (Phi) is 4.98. The Labute approximate surface area is 180 Å². The lowest BCUT2D eigenvalue weighted by Crippen LogP contribution is -2.53. The summed E-state index contributed by atoms with van der Waals surface area (Å²) in [6, 6.07) is 8.94. The average molecular weight is 426 g/mol. The number of nitrogens with one attached hydrogen (secondary N) is 1. The molecule has 0 spiro atoms. The highest BCUT2D eigenvalue weighted by Crippen LogP contribution is 2.40. The number of aromatic nitrogens is 1. The standard InChI is InChI=1S/C23H24ClN3O3/c1-5-16-11-26(19-8-12(2)13(3)9-20(19)27(16)23(29)30)22(28)21-14(4)17-10-15(24)6-7-18(17)25-21/h6-10,16,25H,5,11H2,1-4H3,(H,29,30). The first kappa shape index (κ1) is 20.3. The van der Waals surface area contributed by atoms with E-state index in [0.717, 1.165) is 27.6 Å². The third-order valence-corrected chi connectivity index (χ3v) is 6.29. The molecule has 4 rings (SSSR count). The van der Waals surface area contributed by atoms with Gasteiger partial charge in [0, 0.05) is 22.5 Å². The third kappa shape index (κ3) is 3.12. The molecule has 0 fully saturated rings. The van der Waals surface area contributed by atoms with Gasteiger partial charge in [-0.15, -0.1) is 0 Å². The second-order valence-corrected chi connectivity index (χ2v) is 8.31. The van der Waals surface area contributed by atoms with Gasteiger partial charge in [0.1, 0.15) is 5.69 Å². The van der Waals surface area contributed by atoms with Gasteiger partial charge in [-0.1, -0.05) is 18.5 Å². The lowest BCUT2D eigenvalue weighted by atomic mass is 10.00. The first-order valence-corrected chi connectivity index (χ1v) is 10.3. The maximum absolute atomic E-state index is 13.7. The van der Waals surface area contributed by atoms with Crippen molar-refractivity contribution in [2.45, 2.75) is 40.2 Å². The van der Waals surface area contributed by atoms with Gasteiger partial charge in [0.15, 0.2) is 0 Å². The summed E-state index contributed by atoms with van der Waals surface area (Å²) in [4.78, 5) is 32.0. The van der Waals surface area contributed by atoms with E-state index < -0.39 is 6.09 Å². The first-order chi connectivity index (χ1) is 14.2. The number of rotatable bonds is 2. The summed E-state index contributed by atoms with van der Waals surface area (Å²) in [6.07, 6.45) is -0.404. The fraction of sp³-hybridized carbons (Fsp3) is 0.304. The van der Waals surface area contributed by atoms with Crippen molar-refractivity contribution >= 4 is 45.9 Å². The van der Waals surface area contributed by atoms with E-state index in [9.17, 15) is 14.7 Å². The van der Waals surface area contributed by atoms with Crippen LogP contribution < -0.4 is 9.80 Å². The van der Waals surface area contributed by atoms with E-state index in [0.29, 0.717) is 35.1 Å². The fourth-order valence-electron chi connectivity index (χ4n) is 4.19. The number of aromatic amines is 1. The van der Waals surface area contributed by atoms with Gasteiger partial charge in [0.05, 0.1) is 17.4 Å². The van der Waals surface area contributed by atoms with Crippen LogP contribution in [0.3, 0.4) is 0 Å². The number of amides is 2. The molecular weight excluding hydrogens is 402 g/mol. The molecule has 0 saturated heterocycles. The van der Waals surface area contributed by atoms with Crippen LogP contribution in [0.2, 0.25) is 5.02 Å². The average Bonchev–Trinajstić information content (AvgIpc) is 3.03. The number of halogens is 1. The minimum Gasteiger partial charge on any atom is -0.465 e. The number of fused-ring (bicyclic) bond motifs is 2. The number of carboxylic acid groups (broad SMARTS) is 1. The van der Waals surface area contributed by atoms with Crippen molar-refractivity contribution in [1.82, 2.24) is 4.98 Å². The van der Waals surface area contributed by atoms with E-state index in [-0.39, 0.29) is 11.9 Å². The van der Waals surface area contributed by atoms with Crippen LogP contribution in [0.5, 0.6) is 0 Å². The predicted octanol–water partition coefficient (Wildman–Crippen LogP) is 5.67. The fourth-order valence-corrected chi connectivity index (χ4v) is 4.37. The Hall–Kier alpha value is -2.99. The molecule has 7 heteroatoms. The molecule has 1 aliphatic heterocycles. The lowest BCUT2D eigenvalue weighted by molar-refractivity contribution is 0.0978. The zero-order valence-corrected chi connectivity index (χ0v) is 18.2. The number of anilines is 2. The Morgan fingerprint density at radius 1 is 1.13 bits per heavy atom. The van der Waals surface area contributed by atoms with E-state index in [2.05, 4.69) is 4.98 Å². The molecule has 0 bridgehead atoms. The number of benzene rings is 2. The van der Waals surface area contributed by atoms with Crippen molar-refractivity contribution in [1.29, 1.82) is 0 Å². The van der Waals surface area contributed by atoms with Gasteiger partial charge in [-0.2, -0.15) is 0 Å². The van der Waals surface area contributed by atoms with Gasteiger partial charge in [0.2, 0.25) is 0 Å². The van der Waals surface area contributed by atoms with Crippen molar-refractivity contribution in [3.05, 3.63) is 57.7 Å². The second kappa shape index (κ2) is 7.36. The summed E-state index contributed by atoms with van der Waals surface area (Å²) in [6.45, 7) is 8.04. The second-order valence-electron chi connectivity index (χ2n) is 7.87. The Morgan fingerprint density at radius 2 is 1.80 bits per heavy atom. The van der Waals surface area contributed by atoms with E-state index in [1.807, 2.05) is 52.0 Å². The molecule has 3 aromatic rings. The van der Waals surface area contributed by atoms with Gasteiger partial charge in [-0.3, -0.25) is 9.69 Å². The van der Waals surface area contributed by atoms with E-state index in [1.165, 1.54) is 4.90 Å². The van der Waals surface area contributed by atoms with Crippen molar-refractivity contribution < 1.29 is 14.7 Å². The number of carbonyl (C=O) groups is 2. The number of hydrogen-bond donors (Lipinski definition) is 2. The third-order valence-electron chi connectivity index (χ3n) is 6.06. The zero-order valence-electron chi connectivity index (χ0n) is 17.4. The monoisotopic (exact) mass is 425 g/mol. The molecule has 0 radical (unpaired) electrons. The number of carbonyl (C=O) groups excluding carboxylic acids is 1. The predicted molar refractivity (Wildman–Crippen MR) is 120 cm³/mol. The maximum Gasteiger partial charge on any atom is 0.412 e. The minimum atomic E-state index is -1.00. The van der Waals surface area contributed by atoms with Crippen molar-refractivity contribution in [2.75, 3.05) is 16.3 Å². The Balaban J connectivity index is 1.87. The van der Waals surface area contributed by atoms with Crippen LogP contribution in [0.15, 0.2) is 30.3 Å². The van der Waals surface area contributed by atoms with Crippen LogP contribution in [-0.2, 0) is 0 Å². The number of aryl methyl sites for hydroxylation is 3. The van der Waals surface area contributed by atoms with Crippen LogP contribution in [0.1, 0.15) is 40.5 Å². The summed E-state index contributed by atoms with van der Waals surface area (Å²) in [5, 5.41) is 11.4. The van der Waals surface area contributed by atoms with Gasteiger partial charge < -0.3 is 15.0 Å². The Bertz CT molecular complexity index is 1180. The molecule has 2 heterocycles. The van der Waals surface area contributed by atoms with Gasteiger partial charge >= 0.3 is 6.09 Å². The van der Waals surface area contributed by atoms with Crippen molar-refractivity contribution in [3.63, 3.8) is 0 Å². The molecule has 2 aromatic carbocycles. The SMILES string of the molecule is CCC1CN(C(=O)c2[nH]c3ccc(Cl)cc3c2C)c2cc(C)c(C)cc2N1C(=O)O. The van der Waals surface area contributed by atoms with Crippen LogP contribution in [0.4, 0.5) is 16.2 Å². The van der Waals surface area contributed by atoms with Crippen LogP contribution in [-0.4, -0.2) is 34.7 Å². The molecule has 2 amide bonds. The highest BCUT2D eigenvalue weighted by atomic mass is 35.5. The highest BCUT2D eigenvalue weighted by molar-refractivity contribution is 6.31. The molecule has 1 aliphatic rings. The largest absolute Gasteiger partial charge is 0.465 e. The van der Waals surface area contributed by atoms with Crippen LogP contribution >= 0.6 is 11.6 Å². The summed E-state index contributed by atoms with van der Waals surface area (Å²) >= 11 is 6.14. The molecule has 156 valence electrons. The highest BCUT2D eigenvalue weighted by Gasteiger charge is 2.37. The van der Waals surface area contributed by atoms with Crippen LogP contribution in [0.25, 0.3) is 10.9 Å². The number of nitrogens with zero attached hydrogens (tertiary/aromatic N) is 2. The van der Waals surface area contributed by atoms with E-state index in [1.54, 1.807) is 11.0 Å². The number of hydrogen-bond acceptors (Lipinski definition) is 2. The molecule has 1 unspecified atom stereocenters. The maximum atomic E-state index is 13.7. The van der Waals surface area contributed by atoms with Crippen molar-refractivity contribution in [3.8, 4) is 0 Å². The molecule has 6 nitrogen and oxygen atoms in total. The molecule has 1 aromatic heterocycles. The summed E-state index contributed by atoms with van der Waals surface area (Å²) < 4.78 is 0. The van der Waals surface area contributed by atoms with E-state index >= 15 is 0 Å². The number of H-pyrrole nitrogens is 1. The molecule has 30 heavy (non-hydrogen) atoms. The molecule has 1 atom stereocenters. The van der Waals surface area contributed by atoms with Gasteiger partial charge in [0.25, 0.3) is 5.91 Å². The van der Waals surface area contributed by atoms with E-state index in [4.69, 9.17) is 11.6 Å². The smallest absolute Gasteiger partial charge is 0.412 e. The summed E-state index contributed by atoms with van der Waals surface area (Å²) in [5.41, 5.74) is 5.33.